The summed E-state index contributed by atoms with van der Waals surface area (Å²) in [4.78, 5) is 13.9. The molecule has 2 amide bonds. The number of ether oxygens (including phenoxy) is 1. The van der Waals surface area contributed by atoms with Crippen molar-refractivity contribution in [2.45, 2.75) is 6.54 Å². The van der Waals surface area contributed by atoms with Crippen LogP contribution >= 0.6 is 0 Å². The van der Waals surface area contributed by atoms with Crippen LogP contribution in [0, 0.1) is 0 Å². The fraction of sp³-hybridized carbons (Fsp3) is 0.176. The van der Waals surface area contributed by atoms with E-state index in [1.54, 1.807) is 35.9 Å². The molecule has 1 aromatic heterocycles. The zero-order chi connectivity index (χ0) is 17.6. The summed E-state index contributed by atoms with van der Waals surface area (Å²) < 4.78 is 6.67. The second kappa shape index (κ2) is 7.43. The van der Waals surface area contributed by atoms with Crippen molar-refractivity contribution >= 4 is 11.7 Å². The molecule has 1 N–H and O–H groups in total. The first kappa shape index (κ1) is 16.4. The maximum Gasteiger partial charge on any atom is 0.321 e. The van der Waals surface area contributed by atoms with Gasteiger partial charge in [-0.05, 0) is 52.4 Å². The Morgan fingerprint density at radius 3 is 2.48 bits per heavy atom. The molecule has 0 spiro atoms. The van der Waals surface area contributed by atoms with Crippen LogP contribution in [0.25, 0.3) is 5.69 Å². The number of nitrogens with zero attached hydrogens (tertiary/aromatic N) is 5. The first-order chi connectivity index (χ1) is 12.2. The van der Waals surface area contributed by atoms with Crippen LogP contribution in [-0.2, 0) is 6.54 Å². The van der Waals surface area contributed by atoms with Gasteiger partial charge in [0.2, 0.25) is 0 Å². The van der Waals surface area contributed by atoms with E-state index in [1.807, 2.05) is 36.4 Å². The van der Waals surface area contributed by atoms with E-state index in [0.29, 0.717) is 12.2 Å². The third kappa shape index (κ3) is 4.11. The lowest BCUT2D eigenvalue weighted by molar-refractivity contribution is 0.220. The lowest BCUT2D eigenvalue weighted by Crippen LogP contribution is -2.30. The number of carbonyl (C=O) groups is 1. The van der Waals surface area contributed by atoms with Gasteiger partial charge in [0.25, 0.3) is 0 Å². The average Bonchev–Trinajstić information content (AvgIpc) is 3.17. The van der Waals surface area contributed by atoms with Crippen LogP contribution in [0.2, 0.25) is 0 Å². The summed E-state index contributed by atoms with van der Waals surface area (Å²) in [7, 11) is 3.37. The Balaban J connectivity index is 1.59. The summed E-state index contributed by atoms with van der Waals surface area (Å²) in [6.07, 6.45) is 1.51. The van der Waals surface area contributed by atoms with Crippen molar-refractivity contribution in [3.63, 3.8) is 0 Å². The summed E-state index contributed by atoms with van der Waals surface area (Å²) in [5.41, 5.74) is 2.53. The van der Waals surface area contributed by atoms with Crippen LogP contribution in [0.1, 0.15) is 5.56 Å². The highest BCUT2D eigenvalue weighted by molar-refractivity contribution is 5.89. The topological polar surface area (TPSA) is 85.2 Å². The zero-order valence-corrected chi connectivity index (χ0v) is 14.0. The highest BCUT2D eigenvalue weighted by atomic mass is 16.5. The van der Waals surface area contributed by atoms with Gasteiger partial charge in [0, 0.05) is 19.3 Å². The molecule has 3 aromatic rings. The molecule has 0 aliphatic heterocycles. The summed E-state index contributed by atoms with van der Waals surface area (Å²) in [5, 5.41) is 13.9. The fourth-order valence-corrected chi connectivity index (χ4v) is 2.27. The van der Waals surface area contributed by atoms with Crippen molar-refractivity contribution in [3.05, 3.63) is 60.4 Å². The summed E-state index contributed by atoms with van der Waals surface area (Å²) >= 11 is 0. The molecule has 0 aliphatic rings. The molecule has 0 aliphatic carbocycles. The number of aromatic nitrogens is 4. The molecular formula is C17H18N6O2. The Labute approximate surface area is 145 Å². The van der Waals surface area contributed by atoms with Crippen LogP contribution in [0.3, 0.4) is 0 Å². The smallest absolute Gasteiger partial charge is 0.321 e. The number of hydrogen-bond donors (Lipinski definition) is 1. The number of hydrogen-bond acceptors (Lipinski definition) is 5. The van der Waals surface area contributed by atoms with E-state index in [1.165, 1.54) is 6.33 Å². The molecule has 8 heteroatoms. The van der Waals surface area contributed by atoms with Crippen molar-refractivity contribution in [1.82, 2.24) is 25.1 Å². The SMILES string of the molecule is COc1ccc(CN(C)C(=O)Nc2ccc(-n3cnnn3)cc2)cc1. The number of carbonyl (C=O) groups excluding carboxylic acids is 1. The highest BCUT2D eigenvalue weighted by Crippen LogP contribution is 2.15. The van der Waals surface area contributed by atoms with Crippen LogP contribution in [0.15, 0.2) is 54.9 Å². The van der Waals surface area contributed by atoms with Crippen molar-refractivity contribution in [1.29, 1.82) is 0 Å². The number of nitrogens with one attached hydrogen (secondary N) is 1. The Bertz CT molecular complexity index is 815. The standard InChI is InChI=1S/C17H18N6O2/c1-22(11-13-3-9-16(25-2)10-4-13)17(24)19-14-5-7-15(8-6-14)23-12-18-20-21-23/h3-10,12H,11H2,1-2H3,(H,19,24). The number of amides is 2. The molecule has 2 aromatic carbocycles. The monoisotopic (exact) mass is 338 g/mol. The molecule has 0 saturated heterocycles. The third-order valence-corrected chi connectivity index (χ3v) is 3.66. The first-order valence-electron chi connectivity index (χ1n) is 7.64. The number of methoxy groups -OCH3 is 1. The number of urea groups is 1. The first-order valence-corrected chi connectivity index (χ1v) is 7.64. The van der Waals surface area contributed by atoms with E-state index in [2.05, 4.69) is 20.8 Å². The number of benzene rings is 2. The predicted octanol–water partition coefficient (Wildman–Crippen LogP) is 2.33. The Hall–Kier alpha value is -3.42. The van der Waals surface area contributed by atoms with Crippen LogP contribution < -0.4 is 10.1 Å². The third-order valence-electron chi connectivity index (χ3n) is 3.66. The molecule has 0 bridgehead atoms. The predicted molar refractivity (Wildman–Crippen MR) is 92.6 cm³/mol. The lowest BCUT2D eigenvalue weighted by atomic mass is 10.2. The normalized spacial score (nSPS) is 10.3. The van der Waals surface area contributed by atoms with Crippen molar-refractivity contribution < 1.29 is 9.53 Å². The summed E-state index contributed by atoms with van der Waals surface area (Å²) in [6.45, 7) is 0.499. The summed E-state index contributed by atoms with van der Waals surface area (Å²) in [6, 6.07) is 14.7. The Kier molecular flexibility index (Phi) is 4.89. The fourth-order valence-electron chi connectivity index (χ4n) is 2.27. The largest absolute Gasteiger partial charge is 0.497 e. The van der Waals surface area contributed by atoms with E-state index in [0.717, 1.165) is 17.0 Å². The number of anilines is 1. The van der Waals surface area contributed by atoms with E-state index in [-0.39, 0.29) is 6.03 Å². The van der Waals surface area contributed by atoms with E-state index >= 15 is 0 Å². The minimum atomic E-state index is -0.189. The second-order valence-corrected chi connectivity index (χ2v) is 5.44. The van der Waals surface area contributed by atoms with Gasteiger partial charge in [-0.2, -0.15) is 0 Å². The second-order valence-electron chi connectivity index (χ2n) is 5.44. The van der Waals surface area contributed by atoms with Crippen LogP contribution in [0.5, 0.6) is 5.75 Å². The summed E-state index contributed by atoms with van der Waals surface area (Å²) in [5.74, 6) is 0.790. The molecule has 0 unspecified atom stereocenters. The van der Waals surface area contributed by atoms with Gasteiger partial charge >= 0.3 is 6.03 Å². The Morgan fingerprint density at radius 1 is 1.16 bits per heavy atom. The van der Waals surface area contributed by atoms with Crippen molar-refractivity contribution in [3.8, 4) is 11.4 Å². The lowest BCUT2D eigenvalue weighted by Gasteiger charge is -2.18. The number of tetrazole rings is 1. The molecular weight excluding hydrogens is 320 g/mol. The van der Waals surface area contributed by atoms with Crippen molar-refractivity contribution in [2.75, 3.05) is 19.5 Å². The van der Waals surface area contributed by atoms with Crippen molar-refractivity contribution in [2.24, 2.45) is 0 Å². The maximum atomic E-state index is 12.3. The van der Waals surface area contributed by atoms with Crippen LogP contribution in [0.4, 0.5) is 10.5 Å². The maximum absolute atomic E-state index is 12.3. The van der Waals surface area contributed by atoms with Gasteiger partial charge in [-0.1, -0.05) is 12.1 Å². The minimum Gasteiger partial charge on any atom is -0.497 e. The van der Waals surface area contributed by atoms with E-state index in [9.17, 15) is 4.79 Å². The molecule has 128 valence electrons. The Morgan fingerprint density at radius 2 is 1.88 bits per heavy atom. The molecule has 8 nitrogen and oxygen atoms in total. The van der Waals surface area contributed by atoms with E-state index in [4.69, 9.17) is 4.74 Å². The molecule has 3 rings (SSSR count). The molecule has 0 radical (unpaired) electrons. The van der Waals surface area contributed by atoms with Gasteiger partial charge in [0.05, 0.1) is 12.8 Å². The van der Waals surface area contributed by atoms with Crippen LogP contribution in [-0.4, -0.2) is 45.3 Å². The average molecular weight is 338 g/mol. The van der Waals surface area contributed by atoms with Gasteiger partial charge in [-0.15, -0.1) is 5.10 Å². The van der Waals surface area contributed by atoms with Gasteiger partial charge in [0.15, 0.2) is 0 Å². The van der Waals surface area contributed by atoms with E-state index < -0.39 is 0 Å². The molecule has 0 atom stereocenters. The van der Waals surface area contributed by atoms with Gasteiger partial charge in [-0.3, -0.25) is 0 Å². The molecule has 0 fully saturated rings. The number of rotatable bonds is 5. The minimum absolute atomic E-state index is 0.189. The molecule has 25 heavy (non-hydrogen) atoms. The molecule has 0 saturated carbocycles. The van der Waals surface area contributed by atoms with Gasteiger partial charge < -0.3 is 15.0 Å². The van der Waals surface area contributed by atoms with Gasteiger partial charge in [0.1, 0.15) is 12.1 Å². The highest BCUT2D eigenvalue weighted by Gasteiger charge is 2.10. The molecule has 1 heterocycles. The zero-order valence-electron chi connectivity index (χ0n) is 14.0. The quantitative estimate of drug-likeness (QED) is 0.772. The van der Waals surface area contributed by atoms with Gasteiger partial charge in [-0.25, -0.2) is 9.48 Å².